The van der Waals surface area contributed by atoms with Crippen LogP contribution in [0.4, 0.5) is 21.5 Å². The SMILES string of the molecule is C=C(F)C(=O)N1C[C@@H]2C(=O)N(C)c3c(OC[C@@H]4CCCN4C)nc4c(c3N2C[C@H]1C)CCN(c1cccc2c1CCCCC2)C4. The molecule has 2 aromatic rings. The van der Waals surface area contributed by atoms with Crippen molar-refractivity contribution in [1.29, 1.82) is 0 Å². The van der Waals surface area contributed by atoms with E-state index < -0.39 is 17.8 Å². The Morgan fingerprint density at radius 3 is 2.64 bits per heavy atom. The summed E-state index contributed by atoms with van der Waals surface area (Å²) in [6.07, 6.45) is 8.97. The van der Waals surface area contributed by atoms with E-state index in [1.807, 2.05) is 6.92 Å². The molecule has 0 radical (unpaired) electrons. The number of pyridine rings is 1. The summed E-state index contributed by atoms with van der Waals surface area (Å²) in [6.45, 7) is 8.72. The van der Waals surface area contributed by atoms with E-state index >= 15 is 0 Å². The Hall–Kier alpha value is -3.66. The number of hydrogen-bond donors (Lipinski definition) is 0. The largest absolute Gasteiger partial charge is 0.474 e. The van der Waals surface area contributed by atoms with Crippen molar-refractivity contribution in [3.63, 3.8) is 0 Å². The van der Waals surface area contributed by atoms with Crippen LogP contribution in [-0.2, 0) is 35.4 Å². The number of aryl methyl sites for hydroxylation is 1. The summed E-state index contributed by atoms with van der Waals surface area (Å²) in [6, 6.07) is 6.13. The predicted octanol–water partition coefficient (Wildman–Crippen LogP) is 4.25. The molecule has 9 nitrogen and oxygen atoms in total. The van der Waals surface area contributed by atoms with E-state index in [-0.39, 0.29) is 18.5 Å². The van der Waals surface area contributed by atoms with Gasteiger partial charge in [-0.3, -0.25) is 9.59 Å². The lowest BCUT2D eigenvalue weighted by Crippen LogP contribution is -2.66. The Balaban J connectivity index is 1.29. The van der Waals surface area contributed by atoms with Gasteiger partial charge in [0.25, 0.3) is 11.8 Å². The monoisotopic (exact) mass is 616 g/mol. The van der Waals surface area contributed by atoms with Crippen LogP contribution in [-0.4, -0.2) is 91.6 Å². The number of amides is 2. The van der Waals surface area contributed by atoms with Crippen LogP contribution in [0.5, 0.6) is 5.88 Å². The number of carbonyl (C=O) groups is 2. The molecule has 2 amide bonds. The summed E-state index contributed by atoms with van der Waals surface area (Å²) in [7, 11) is 3.90. The van der Waals surface area contributed by atoms with E-state index in [2.05, 4.69) is 46.5 Å². The second-order valence-corrected chi connectivity index (χ2v) is 13.6. The number of rotatable bonds is 5. The molecule has 7 rings (SSSR count). The minimum Gasteiger partial charge on any atom is -0.474 e. The van der Waals surface area contributed by atoms with Crippen molar-refractivity contribution in [2.24, 2.45) is 0 Å². The molecule has 5 heterocycles. The van der Waals surface area contributed by atoms with Crippen molar-refractivity contribution in [2.45, 2.75) is 83.0 Å². The van der Waals surface area contributed by atoms with E-state index in [0.717, 1.165) is 62.1 Å². The second-order valence-electron chi connectivity index (χ2n) is 13.6. The van der Waals surface area contributed by atoms with Gasteiger partial charge in [0.1, 0.15) is 18.3 Å². The number of hydrogen-bond acceptors (Lipinski definition) is 7. The number of nitrogens with zero attached hydrogens (tertiary/aromatic N) is 6. The highest BCUT2D eigenvalue weighted by atomic mass is 19.1. The van der Waals surface area contributed by atoms with Crippen LogP contribution in [0, 0.1) is 0 Å². The first-order valence-corrected chi connectivity index (χ1v) is 16.7. The average molecular weight is 617 g/mol. The highest BCUT2D eigenvalue weighted by Gasteiger charge is 2.47. The lowest BCUT2D eigenvalue weighted by atomic mass is 9.93. The van der Waals surface area contributed by atoms with Crippen LogP contribution in [0.15, 0.2) is 30.6 Å². The van der Waals surface area contributed by atoms with Crippen molar-refractivity contribution in [1.82, 2.24) is 14.8 Å². The molecule has 10 heteroatoms. The van der Waals surface area contributed by atoms with E-state index in [9.17, 15) is 14.0 Å². The molecule has 2 fully saturated rings. The Bertz CT molecular complexity index is 1530. The van der Waals surface area contributed by atoms with Gasteiger partial charge < -0.3 is 29.2 Å². The summed E-state index contributed by atoms with van der Waals surface area (Å²) in [5.74, 6) is -1.40. The third-order valence-electron chi connectivity index (χ3n) is 10.8. The van der Waals surface area contributed by atoms with Gasteiger partial charge in [-0.25, -0.2) is 9.37 Å². The van der Waals surface area contributed by atoms with Gasteiger partial charge in [-0.15, -0.1) is 0 Å². The third-order valence-corrected chi connectivity index (χ3v) is 10.8. The molecule has 0 bridgehead atoms. The van der Waals surface area contributed by atoms with Crippen molar-refractivity contribution in [2.75, 3.05) is 61.6 Å². The van der Waals surface area contributed by atoms with Crippen LogP contribution < -0.4 is 19.4 Å². The van der Waals surface area contributed by atoms with E-state index in [1.165, 1.54) is 41.0 Å². The fourth-order valence-electron chi connectivity index (χ4n) is 8.25. The van der Waals surface area contributed by atoms with Crippen LogP contribution in [0.1, 0.15) is 61.4 Å². The molecule has 4 aliphatic heterocycles. The maximum atomic E-state index is 14.0. The number of carbonyl (C=O) groups excluding carboxylic acids is 2. The number of likely N-dealkylation sites (tertiary alicyclic amines) is 1. The molecule has 0 unspecified atom stereocenters. The molecule has 0 spiro atoms. The van der Waals surface area contributed by atoms with Crippen LogP contribution in [0.2, 0.25) is 0 Å². The number of halogens is 1. The molecular weight excluding hydrogens is 571 g/mol. The molecule has 0 saturated carbocycles. The minimum atomic E-state index is -1.000. The molecule has 1 aromatic heterocycles. The molecule has 5 aliphatic rings. The fourth-order valence-corrected chi connectivity index (χ4v) is 8.25. The van der Waals surface area contributed by atoms with Gasteiger partial charge in [-0.2, -0.15) is 0 Å². The number of anilines is 3. The van der Waals surface area contributed by atoms with Gasteiger partial charge in [0.15, 0.2) is 5.83 Å². The maximum absolute atomic E-state index is 14.0. The summed E-state index contributed by atoms with van der Waals surface area (Å²) in [5.41, 5.74) is 8.06. The molecule has 45 heavy (non-hydrogen) atoms. The number of likely N-dealkylation sites (N-methyl/N-ethyl adjacent to an activating group) is 2. The van der Waals surface area contributed by atoms with Gasteiger partial charge in [0.2, 0.25) is 5.88 Å². The predicted molar refractivity (Wildman–Crippen MR) is 174 cm³/mol. The smallest absolute Gasteiger partial charge is 0.282 e. The third kappa shape index (κ3) is 5.24. The Morgan fingerprint density at radius 2 is 1.87 bits per heavy atom. The molecule has 1 aromatic carbocycles. The molecule has 1 aliphatic carbocycles. The van der Waals surface area contributed by atoms with E-state index in [1.54, 1.807) is 11.9 Å². The number of fused-ring (bicyclic) bond motifs is 6. The van der Waals surface area contributed by atoms with Crippen LogP contribution >= 0.6 is 0 Å². The normalized spacial score (nSPS) is 24.9. The molecule has 0 N–H and O–H groups in total. The van der Waals surface area contributed by atoms with Crippen molar-refractivity contribution >= 4 is 28.9 Å². The lowest BCUT2D eigenvalue weighted by Gasteiger charge is -2.51. The first-order chi connectivity index (χ1) is 21.7. The number of piperazine rings is 1. The topological polar surface area (TPSA) is 72.5 Å². The zero-order valence-corrected chi connectivity index (χ0v) is 26.9. The molecular formula is C35H45FN6O3. The number of ether oxygens (including phenoxy) is 1. The van der Waals surface area contributed by atoms with Gasteiger partial charge >= 0.3 is 0 Å². The quantitative estimate of drug-likeness (QED) is 0.368. The molecule has 3 atom stereocenters. The van der Waals surface area contributed by atoms with Gasteiger partial charge in [0.05, 0.1) is 24.5 Å². The van der Waals surface area contributed by atoms with Crippen LogP contribution in [0.25, 0.3) is 0 Å². The Labute approximate surface area is 265 Å². The average Bonchev–Trinajstić information content (AvgIpc) is 3.29. The lowest BCUT2D eigenvalue weighted by molar-refractivity contribution is -0.133. The van der Waals surface area contributed by atoms with Gasteiger partial charge in [-0.05, 0) is 82.7 Å². The first kappa shape index (κ1) is 30.0. The van der Waals surface area contributed by atoms with E-state index in [4.69, 9.17) is 9.72 Å². The molecule has 2 saturated heterocycles. The zero-order valence-electron chi connectivity index (χ0n) is 26.9. The number of aromatic nitrogens is 1. The standard InChI is InChI=1S/C35H45FN6O3/c1-22-18-42-30(20-41(22)34(43)23(2)36)35(44)39(4)32-31(42)27-15-17-40(29-14-8-11-24-10-6-5-7-13-26(24)29)19-28(27)37-33(32)45-21-25-12-9-16-38(25)3/h8,11,14,22,25,30H,2,5-7,9-10,12-13,15-21H2,1,3-4H3/t22-,25+,30-/m1/s1. The summed E-state index contributed by atoms with van der Waals surface area (Å²) >= 11 is 0. The highest BCUT2D eigenvalue weighted by molar-refractivity contribution is 6.08. The van der Waals surface area contributed by atoms with Gasteiger partial charge in [-0.1, -0.05) is 25.1 Å². The first-order valence-electron chi connectivity index (χ1n) is 16.7. The van der Waals surface area contributed by atoms with Crippen molar-refractivity contribution in [3.05, 3.63) is 53.0 Å². The van der Waals surface area contributed by atoms with Crippen molar-refractivity contribution in [3.8, 4) is 5.88 Å². The Kier molecular flexibility index (Phi) is 7.96. The molecule has 240 valence electrons. The highest BCUT2D eigenvalue weighted by Crippen LogP contribution is 2.48. The van der Waals surface area contributed by atoms with E-state index in [0.29, 0.717) is 37.3 Å². The minimum absolute atomic E-state index is 0.105. The summed E-state index contributed by atoms with van der Waals surface area (Å²) in [4.78, 5) is 41.9. The summed E-state index contributed by atoms with van der Waals surface area (Å²) in [5, 5.41) is 0. The fraction of sp³-hybridized carbons (Fsp3) is 0.571. The zero-order chi connectivity index (χ0) is 31.4. The number of benzene rings is 1. The van der Waals surface area contributed by atoms with Gasteiger partial charge in [0, 0.05) is 43.5 Å². The Morgan fingerprint density at radius 1 is 1.04 bits per heavy atom. The van der Waals surface area contributed by atoms with Crippen LogP contribution in [0.3, 0.4) is 0 Å². The summed E-state index contributed by atoms with van der Waals surface area (Å²) < 4.78 is 20.6. The maximum Gasteiger partial charge on any atom is 0.282 e. The second kappa shape index (κ2) is 11.9. The van der Waals surface area contributed by atoms with Crippen molar-refractivity contribution < 1.29 is 18.7 Å².